The van der Waals surface area contributed by atoms with E-state index in [0.29, 0.717) is 12.8 Å². The van der Waals surface area contributed by atoms with Gasteiger partial charge in [0.1, 0.15) is 0 Å². The number of amides is 1. The van der Waals surface area contributed by atoms with E-state index in [0.717, 1.165) is 31.3 Å². The first-order valence-corrected chi connectivity index (χ1v) is 10.6. The molecule has 1 unspecified atom stereocenters. The molecule has 3 aromatic rings. The fourth-order valence-corrected chi connectivity index (χ4v) is 3.88. The third-order valence-corrected chi connectivity index (χ3v) is 5.85. The molecule has 0 aromatic heterocycles. The van der Waals surface area contributed by atoms with Gasteiger partial charge in [0.25, 0.3) is 0 Å². The van der Waals surface area contributed by atoms with Crippen LogP contribution in [0.15, 0.2) is 92.9 Å². The van der Waals surface area contributed by atoms with Gasteiger partial charge in [0.2, 0.25) is 5.91 Å². The lowest BCUT2D eigenvalue weighted by Crippen LogP contribution is -2.28. The van der Waals surface area contributed by atoms with Gasteiger partial charge >= 0.3 is 0 Å². The van der Waals surface area contributed by atoms with E-state index >= 15 is 0 Å². The number of carbonyl (C=O) groups excluding carboxylic acids is 1. The summed E-state index contributed by atoms with van der Waals surface area (Å²) in [6.07, 6.45) is 1.04. The minimum Gasteiger partial charge on any atom is -0.273 e. The van der Waals surface area contributed by atoms with Crippen LogP contribution in [0.2, 0.25) is 0 Å². The molecule has 0 radical (unpaired) electrons. The second-order valence-electron chi connectivity index (χ2n) is 6.73. The molecule has 3 aromatic carbocycles. The minimum absolute atomic E-state index is 0.00577. The first-order valence-electron chi connectivity index (χ1n) is 9.05. The van der Waals surface area contributed by atoms with Crippen LogP contribution in [0.4, 0.5) is 0 Å². The van der Waals surface area contributed by atoms with Gasteiger partial charge in [-0.05, 0) is 41.0 Å². The summed E-state index contributed by atoms with van der Waals surface area (Å²) in [7, 11) is 0. The Morgan fingerprint density at radius 3 is 2.14 bits per heavy atom. The van der Waals surface area contributed by atoms with Crippen LogP contribution in [-0.2, 0) is 11.2 Å². The van der Waals surface area contributed by atoms with Crippen molar-refractivity contribution in [2.24, 2.45) is 5.10 Å². The van der Waals surface area contributed by atoms with E-state index in [9.17, 15) is 4.79 Å². The summed E-state index contributed by atoms with van der Waals surface area (Å²) < 4.78 is 2.04. The lowest BCUT2D eigenvalue weighted by molar-refractivity contribution is -0.132. The Balaban J connectivity index is 1.65. The van der Waals surface area contributed by atoms with Crippen LogP contribution >= 0.6 is 31.9 Å². The Labute approximate surface area is 181 Å². The summed E-state index contributed by atoms with van der Waals surface area (Å²) in [6, 6.07) is 25.9. The van der Waals surface area contributed by atoms with Crippen LogP contribution in [0.5, 0.6) is 0 Å². The number of nitrogens with zero attached hydrogens (tertiary/aromatic N) is 2. The van der Waals surface area contributed by atoms with Gasteiger partial charge in [-0.3, -0.25) is 4.79 Å². The number of hydrazone groups is 1. The summed E-state index contributed by atoms with van der Waals surface area (Å²) in [5, 5.41) is 6.40. The van der Waals surface area contributed by atoms with Crippen LogP contribution in [-0.4, -0.2) is 16.6 Å². The van der Waals surface area contributed by atoms with Crippen LogP contribution in [0.1, 0.15) is 29.2 Å². The van der Waals surface area contributed by atoms with Gasteiger partial charge in [-0.2, -0.15) is 5.10 Å². The molecule has 0 fully saturated rings. The highest BCUT2D eigenvalue weighted by Crippen LogP contribution is 2.34. The Morgan fingerprint density at radius 2 is 1.50 bits per heavy atom. The number of hydrogen-bond acceptors (Lipinski definition) is 2. The SMILES string of the molecule is O=C(Cc1ccccc1)N1N=C(c2ccc(Br)cc2)CC1c1ccc(Br)cc1. The minimum atomic E-state index is -0.0945. The Kier molecular flexibility index (Phi) is 5.74. The maximum Gasteiger partial charge on any atom is 0.247 e. The lowest BCUT2D eigenvalue weighted by atomic mass is 9.98. The van der Waals surface area contributed by atoms with Gasteiger partial charge in [0, 0.05) is 15.4 Å². The zero-order chi connectivity index (χ0) is 19.5. The highest BCUT2D eigenvalue weighted by Gasteiger charge is 2.32. The maximum absolute atomic E-state index is 13.1. The van der Waals surface area contributed by atoms with E-state index in [1.165, 1.54) is 0 Å². The van der Waals surface area contributed by atoms with Crippen molar-refractivity contribution < 1.29 is 4.79 Å². The van der Waals surface area contributed by atoms with Crippen LogP contribution < -0.4 is 0 Å². The number of halogens is 2. The van der Waals surface area contributed by atoms with Crippen molar-refractivity contribution in [1.82, 2.24) is 5.01 Å². The summed E-state index contributed by atoms with van der Waals surface area (Å²) >= 11 is 6.96. The van der Waals surface area contributed by atoms with E-state index < -0.39 is 0 Å². The second-order valence-corrected chi connectivity index (χ2v) is 8.56. The van der Waals surface area contributed by atoms with Crippen molar-refractivity contribution in [3.05, 3.63) is 104 Å². The number of hydrogen-bond donors (Lipinski definition) is 0. The fraction of sp³-hybridized carbons (Fsp3) is 0.130. The van der Waals surface area contributed by atoms with Crippen molar-refractivity contribution in [2.45, 2.75) is 18.9 Å². The van der Waals surface area contributed by atoms with Crippen molar-refractivity contribution in [2.75, 3.05) is 0 Å². The molecule has 1 aliphatic rings. The van der Waals surface area contributed by atoms with E-state index in [-0.39, 0.29) is 11.9 Å². The van der Waals surface area contributed by atoms with Gasteiger partial charge in [0.15, 0.2) is 0 Å². The fourth-order valence-electron chi connectivity index (χ4n) is 3.35. The predicted molar refractivity (Wildman–Crippen MR) is 119 cm³/mol. The van der Waals surface area contributed by atoms with Crippen molar-refractivity contribution in [3.8, 4) is 0 Å². The molecule has 1 amide bonds. The second kappa shape index (κ2) is 8.41. The summed E-state index contributed by atoms with van der Waals surface area (Å²) in [4.78, 5) is 13.1. The summed E-state index contributed by atoms with van der Waals surface area (Å²) in [6.45, 7) is 0. The Morgan fingerprint density at radius 1 is 0.893 bits per heavy atom. The van der Waals surface area contributed by atoms with Crippen LogP contribution in [0, 0.1) is 0 Å². The molecule has 0 saturated carbocycles. The third-order valence-electron chi connectivity index (χ3n) is 4.80. The standard InChI is InChI=1S/C23H18Br2N2O/c24-19-10-6-17(7-11-19)21-15-22(18-8-12-20(25)13-9-18)27(26-21)23(28)14-16-4-2-1-3-5-16/h1-13,22H,14-15H2. The van der Waals surface area contributed by atoms with Crippen LogP contribution in [0.25, 0.3) is 0 Å². The van der Waals surface area contributed by atoms with Crippen molar-refractivity contribution >= 4 is 43.5 Å². The molecule has 0 saturated heterocycles. The molecule has 4 rings (SSSR count). The van der Waals surface area contributed by atoms with Crippen LogP contribution in [0.3, 0.4) is 0 Å². The van der Waals surface area contributed by atoms with E-state index in [4.69, 9.17) is 5.10 Å². The lowest BCUT2D eigenvalue weighted by Gasteiger charge is -2.22. The smallest absolute Gasteiger partial charge is 0.247 e. The van der Waals surface area contributed by atoms with Gasteiger partial charge in [0.05, 0.1) is 18.2 Å². The van der Waals surface area contributed by atoms with Crippen molar-refractivity contribution in [3.63, 3.8) is 0 Å². The highest BCUT2D eigenvalue weighted by atomic mass is 79.9. The Hall–Kier alpha value is -2.24. The normalized spacial score (nSPS) is 16.1. The molecule has 1 atom stereocenters. The van der Waals surface area contributed by atoms with Gasteiger partial charge in [-0.15, -0.1) is 0 Å². The Bertz CT molecular complexity index is 999. The first kappa shape index (κ1) is 19.1. The number of benzene rings is 3. The maximum atomic E-state index is 13.1. The molecule has 1 aliphatic heterocycles. The average Bonchev–Trinajstić information content (AvgIpc) is 3.15. The quantitative estimate of drug-likeness (QED) is 0.426. The summed E-state index contributed by atoms with van der Waals surface area (Å²) in [5.74, 6) is 0.00577. The molecule has 1 heterocycles. The van der Waals surface area contributed by atoms with E-state index in [1.54, 1.807) is 5.01 Å². The zero-order valence-electron chi connectivity index (χ0n) is 15.1. The van der Waals surface area contributed by atoms with E-state index in [1.807, 2.05) is 66.7 Å². The van der Waals surface area contributed by atoms with Gasteiger partial charge in [-0.25, -0.2) is 5.01 Å². The van der Waals surface area contributed by atoms with Gasteiger partial charge < -0.3 is 0 Å². The highest BCUT2D eigenvalue weighted by molar-refractivity contribution is 9.10. The van der Waals surface area contributed by atoms with E-state index in [2.05, 4.69) is 44.0 Å². The zero-order valence-corrected chi connectivity index (χ0v) is 18.2. The molecule has 0 N–H and O–H groups in total. The largest absolute Gasteiger partial charge is 0.273 e. The topological polar surface area (TPSA) is 32.7 Å². The monoisotopic (exact) mass is 496 g/mol. The molecule has 0 spiro atoms. The molecule has 5 heteroatoms. The number of carbonyl (C=O) groups is 1. The molecular weight excluding hydrogens is 480 g/mol. The predicted octanol–water partition coefficient (Wildman–Crippen LogP) is 6.13. The van der Waals surface area contributed by atoms with Gasteiger partial charge in [-0.1, -0.05) is 86.5 Å². The molecule has 3 nitrogen and oxygen atoms in total. The molecule has 28 heavy (non-hydrogen) atoms. The number of rotatable bonds is 4. The molecule has 0 aliphatic carbocycles. The first-order chi connectivity index (χ1) is 13.6. The molecular formula is C23H18Br2N2O. The molecule has 0 bridgehead atoms. The molecule has 140 valence electrons. The average molecular weight is 498 g/mol. The van der Waals surface area contributed by atoms with Crippen molar-refractivity contribution in [1.29, 1.82) is 0 Å². The summed E-state index contributed by atoms with van der Waals surface area (Å²) in [5.41, 5.74) is 4.05. The third kappa shape index (κ3) is 4.26.